The molecule has 1 fully saturated rings. The lowest BCUT2D eigenvalue weighted by molar-refractivity contribution is -0.117. The van der Waals surface area contributed by atoms with E-state index in [1.165, 1.54) is 12.1 Å². The van der Waals surface area contributed by atoms with E-state index in [-0.39, 0.29) is 34.2 Å². The van der Waals surface area contributed by atoms with Gasteiger partial charge in [-0.2, -0.15) is 0 Å². The van der Waals surface area contributed by atoms with Crippen molar-refractivity contribution in [2.75, 3.05) is 5.32 Å². The number of aromatic hydroxyl groups is 1. The number of halogens is 2. The van der Waals surface area contributed by atoms with Crippen LogP contribution < -0.4 is 5.32 Å². The number of hydrogen-bond donors (Lipinski definition) is 2. The van der Waals surface area contributed by atoms with Gasteiger partial charge in [0.05, 0.1) is 10.7 Å². The Morgan fingerprint density at radius 3 is 2.62 bits per heavy atom. The van der Waals surface area contributed by atoms with Crippen molar-refractivity contribution in [1.82, 2.24) is 0 Å². The number of phenolic OH excluding ortho intramolecular Hbond substituents is 1. The lowest BCUT2D eigenvalue weighted by Gasteiger charge is -2.09. The molecule has 0 spiro atoms. The van der Waals surface area contributed by atoms with Crippen LogP contribution in [0.25, 0.3) is 0 Å². The van der Waals surface area contributed by atoms with Gasteiger partial charge in [0.2, 0.25) is 5.91 Å². The van der Waals surface area contributed by atoms with Crippen molar-refractivity contribution in [1.29, 1.82) is 0 Å². The Labute approximate surface area is 132 Å². The third-order valence-corrected chi connectivity index (χ3v) is 4.15. The maximum atomic E-state index is 12.2. The first-order chi connectivity index (χ1) is 10.1. The molecule has 0 aromatic heterocycles. The molecule has 0 saturated heterocycles. The highest BCUT2D eigenvalue weighted by Gasteiger charge is 2.44. The van der Waals surface area contributed by atoms with Crippen molar-refractivity contribution in [2.24, 2.45) is 5.92 Å². The first-order valence-electron chi connectivity index (χ1n) is 6.60. The summed E-state index contributed by atoms with van der Waals surface area (Å²) in [6, 6.07) is 12.8. The number of phenols is 1. The SMILES string of the molecule is O=C(Nc1cc(Cl)cc(Cl)c1O)C1CC1c1ccccc1. The largest absolute Gasteiger partial charge is 0.504 e. The minimum Gasteiger partial charge on any atom is -0.504 e. The number of benzene rings is 2. The van der Waals surface area contributed by atoms with Gasteiger partial charge in [-0.05, 0) is 30.0 Å². The molecule has 0 radical (unpaired) electrons. The summed E-state index contributed by atoms with van der Waals surface area (Å²) in [6.07, 6.45) is 0.810. The van der Waals surface area contributed by atoms with Crippen molar-refractivity contribution < 1.29 is 9.90 Å². The minimum atomic E-state index is -0.161. The summed E-state index contributed by atoms with van der Waals surface area (Å²) < 4.78 is 0. The third-order valence-electron chi connectivity index (χ3n) is 3.64. The first-order valence-corrected chi connectivity index (χ1v) is 7.35. The van der Waals surface area contributed by atoms with Gasteiger partial charge in [-0.1, -0.05) is 53.5 Å². The molecule has 0 heterocycles. The fourth-order valence-electron chi connectivity index (χ4n) is 2.44. The standard InChI is InChI=1S/C16H13Cl2NO2/c17-10-6-13(18)15(20)14(7-10)19-16(21)12-8-11(12)9-4-2-1-3-5-9/h1-7,11-12,20H,8H2,(H,19,21). The first kappa shape index (κ1) is 14.2. The van der Waals surface area contributed by atoms with Crippen LogP contribution in [-0.2, 0) is 4.79 Å². The average molecular weight is 322 g/mol. The molecule has 108 valence electrons. The fraction of sp³-hybridized carbons (Fsp3) is 0.188. The van der Waals surface area contributed by atoms with E-state index in [4.69, 9.17) is 23.2 Å². The van der Waals surface area contributed by atoms with Crippen LogP contribution in [0.4, 0.5) is 5.69 Å². The molecule has 2 unspecified atom stereocenters. The van der Waals surface area contributed by atoms with Crippen molar-refractivity contribution in [3.05, 3.63) is 58.1 Å². The van der Waals surface area contributed by atoms with Gasteiger partial charge in [0.1, 0.15) is 0 Å². The second kappa shape index (κ2) is 5.58. The Hall–Kier alpha value is -1.71. The van der Waals surface area contributed by atoms with Crippen molar-refractivity contribution in [3.8, 4) is 5.75 Å². The number of carbonyl (C=O) groups is 1. The highest BCUT2D eigenvalue weighted by molar-refractivity contribution is 6.36. The van der Waals surface area contributed by atoms with Crippen LogP contribution in [0.15, 0.2) is 42.5 Å². The molecule has 3 rings (SSSR count). The molecule has 2 aromatic carbocycles. The van der Waals surface area contributed by atoms with Crippen LogP contribution >= 0.6 is 23.2 Å². The molecule has 2 N–H and O–H groups in total. The monoisotopic (exact) mass is 321 g/mol. The molecule has 1 amide bonds. The minimum absolute atomic E-state index is 0.0791. The Bertz CT molecular complexity index is 688. The Kier molecular flexibility index (Phi) is 3.79. The molecular weight excluding hydrogens is 309 g/mol. The zero-order valence-corrected chi connectivity index (χ0v) is 12.5. The average Bonchev–Trinajstić information content (AvgIpc) is 3.25. The van der Waals surface area contributed by atoms with E-state index in [1.54, 1.807) is 0 Å². The summed E-state index contributed by atoms with van der Waals surface area (Å²) >= 11 is 11.7. The molecule has 1 saturated carbocycles. The number of hydrogen-bond acceptors (Lipinski definition) is 2. The Balaban J connectivity index is 1.72. The summed E-state index contributed by atoms with van der Waals surface area (Å²) in [5.41, 5.74) is 1.40. The van der Waals surface area contributed by atoms with Gasteiger partial charge >= 0.3 is 0 Å². The van der Waals surface area contributed by atoms with Gasteiger partial charge in [0.25, 0.3) is 0 Å². The van der Waals surface area contributed by atoms with Gasteiger partial charge < -0.3 is 10.4 Å². The summed E-state index contributed by atoms with van der Waals surface area (Å²) in [5.74, 6) is -0.128. The Morgan fingerprint density at radius 1 is 1.19 bits per heavy atom. The quantitative estimate of drug-likeness (QED) is 0.821. The second-order valence-corrected chi connectivity index (χ2v) is 5.98. The third kappa shape index (κ3) is 2.99. The van der Waals surface area contributed by atoms with Crippen molar-refractivity contribution in [2.45, 2.75) is 12.3 Å². The Morgan fingerprint density at radius 2 is 1.90 bits per heavy atom. The fourth-order valence-corrected chi connectivity index (χ4v) is 2.93. The van der Waals surface area contributed by atoms with Crippen molar-refractivity contribution in [3.63, 3.8) is 0 Å². The van der Waals surface area contributed by atoms with Gasteiger partial charge in [-0.15, -0.1) is 0 Å². The molecule has 2 atom stereocenters. The highest BCUT2D eigenvalue weighted by atomic mass is 35.5. The molecular formula is C16H13Cl2NO2. The van der Waals surface area contributed by atoms with Crippen molar-refractivity contribution >= 4 is 34.8 Å². The van der Waals surface area contributed by atoms with E-state index in [2.05, 4.69) is 5.32 Å². The molecule has 0 aliphatic heterocycles. The zero-order chi connectivity index (χ0) is 15.0. The maximum absolute atomic E-state index is 12.2. The molecule has 0 bridgehead atoms. The van der Waals surface area contributed by atoms with Gasteiger partial charge in [-0.25, -0.2) is 0 Å². The maximum Gasteiger partial charge on any atom is 0.228 e. The van der Waals surface area contributed by atoms with Crippen LogP contribution in [0.1, 0.15) is 17.9 Å². The molecule has 1 aliphatic carbocycles. The van der Waals surface area contributed by atoms with E-state index in [9.17, 15) is 9.90 Å². The van der Waals surface area contributed by atoms with Crippen LogP contribution in [0, 0.1) is 5.92 Å². The lowest BCUT2D eigenvalue weighted by atomic mass is 10.1. The van der Waals surface area contributed by atoms with Gasteiger partial charge in [0.15, 0.2) is 5.75 Å². The van der Waals surface area contributed by atoms with E-state index >= 15 is 0 Å². The molecule has 5 heteroatoms. The number of nitrogens with one attached hydrogen (secondary N) is 1. The molecule has 3 nitrogen and oxygen atoms in total. The summed E-state index contributed by atoms with van der Waals surface area (Å²) in [7, 11) is 0. The van der Waals surface area contributed by atoms with Crippen LogP contribution in [0.2, 0.25) is 10.0 Å². The van der Waals surface area contributed by atoms with E-state index < -0.39 is 0 Å². The smallest absolute Gasteiger partial charge is 0.228 e. The molecule has 2 aromatic rings. The van der Waals surface area contributed by atoms with E-state index in [1.807, 2.05) is 30.3 Å². The highest BCUT2D eigenvalue weighted by Crippen LogP contribution is 2.48. The van der Waals surface area contributed by atoms with Crippen LogP contribution in [0.3, 0.4) is 0 Å². The normalized spacial score (nSPS) is 20.1. The van der Waals surface area contributed by atoms with Gasteiger partial charge in [-0.3, -0.25) is 4.79 Å². The van der Waals surface area contributed by atoms with E-state index in [0.717, 1.165) is 12.0 Å². The number of rotatable bonds is 3. The number of amides is 1. The molecule has 21 heavy (non-hydrogen) atoms. The lowest BCUT2D eigenvalue weighted by Crippen LogP contribution is -2.14. The number of carbonyl (C=O) groups excluding carboxylic acids is 1. The second-order valence-electron chi connectivity index (χ2n) is 5.13. The number of anilines is 1. The summed E-state index contributed by atoms with van der Waals surface area (Å²) in [4.78, 5) is 12.2. The summed E-state index contributed by atoms with van der Waals surface area (Å²) in [5, 5.41) is 13.0. The molecule has 1 aliphatic rings. The predicted octanol–water partition coefficient (Wildman–Crippen LogP) is 4.44. The van der Waals surface area contributed by atoms with Crippen LogP contribution in [0.5, 0.6) is 5.75 Å². The predicted molar refractivity (Wildman–Crippen MR) is 84.0 cm³/mol. The van der Waals surface area contributed by atoms with Crippen LogP contribution in [-0.4, -0.2) is 11.0 Å². The van der Waals surface area contributed by atoms with E-state index in [0.29, 0.717) is 5.02 Å². The topological polar surface area (TPSA) is 49.3 Å². The van der Waals surface area contributed by atoms with Gasteiger partial charge in [0, 0.05) is 10.9 Å². The summed E-state index contributed by atoms with van der Waals surface area (Å²) in [6.45, 7) is 0. The zero-order valence-electron chi connectivity index (χ0n) is 11.0.